The summed E-state index contributed by atoms with van der Waals surface area (Å²) in [7, 11) is -3.47. The first-order valence-corrected chi connectivity index (χ1v) is 10.2. The molecule has 1 N–H and O–H groups in total. The summed E-state index contributed by atoms with van der Waals surface area (Å²) >= 11 is 0. The summed E-state index contributed by atoms with van der Waals surface area (Å²) < 4.78 is 31.4. The van der Waals surface area contributed by atoms with E-state index in [4.69, 9.17) is 4.74 Å². The van der Waals surface area contributed by atoms with Crippen molar-refractivity contribution in [1.82, 2.24) is 4.72 Å². The van der Waals surface area contributed by atoms with E-state index in [1.165, 1.54) is 11.5 Å². The number of esters is 1. The van der Waals surface area contributed by atoms with Gasteiger partial charge in [0.2, 0.25) is 10.0 Å². The first-order chi connectivity index (χ1) is 13.0. The van der Waals surface area contributed by atoms with Gasteiger partial charge in [0.1, 0.15) is 0 Å². The number of carbonyl (C=O) groups excluding carboxylic acids is 1. The third-order valence-corrected chi connectivity index (χ3v) is 4.74. The highest BCUT2D eigenvalue weighted by Crippen LogP contribution is 2.07. The molecule has 0 aromatic heterocycles. The molecular weight excluding hydrogens is 362 g/mol. The minimum Gasteiger partial charge on any atom is -0.463 e. The first kappa shape index (κ1) is 20.6. The average Bonchev–Trinajstić information content (AvgIpc) is 2.67. The van der Waals surface area contributed by atoms with Crippen LogP contribution in [0, 0.1) is 0 Å². The molecule has 0 heterocycles. The van der Waals surface area contributed by atoms with Gasteiger partial charge in [0, 0.05) is 18.0 Å². The molecule has 0 saturated heterocycles. The molecule has 0 bridgehead atoms. The van der Waals surface area contributed by atoms with Crippen molar-refractivity contribution >= 4 is 28.1 Å². The van der Waals surface area contributed by atoms with Crippen LogP contribution in [0.5, 0.6) is 0 Å². The molecule has 0 radical (unpaired) electrons. The quantitative estimate of drug-likeness (QED) is 0.530. The van der Waals surface area contributed by atoms with Crippen LogP contribution in [0.1, 0.15) is 23.6 Å². The first-order valence-electron chi connectivity index (χ1n) is 8.65. The summed E-state index contributed by atoms with van der Waals surface area (Å²) in [6.45, 7) is 2.41. The predicted molar refractivity (Wildman–Crippen MR) is 108 cm³/mol. The van der Waals surface area contributed by atoms with Crippen molar-refractivity contribution in [3.8, 4) is 0 Å². The molecular formula is C21H23NO4S. The van der Waals surface area contributed by atoms with Crippen molar-refractivity contribution in [3.63, 3.8) is 0 Å². The number of hydrogen-bond donors (Lipinski definition) is 1. The maximum atomic E-state index is 12.0. The lowest BCUT2D eigenvalue weighted by Gasteiger charge is -2.04. The van der Waals surface area contributed by atoms with E-state index in [-0.39, 0.29) is 5.97 Å². The standard InChI is InChI=1S/C21H23NO4S/c1-2-26-21(23)13-12-19-8-10-20(11-9-19)14-16-22-27(24,25)17-15-18-6-4-3-5-7-18/h3-13,15,17,22H,2,14,16H2,1H3/b13-12+,17-15+. The molecule has 5 nitrogen and oxygen atoms in total. The van der Waals surface area contributed by atoms with Crippen molar-refractivity contribution in [2.24, 2.45) is 0 Å². The van der Waals surface area contributed by atoms with Gasteiger partial charge in [-0.15, -0.1) is 0 Å². The molecule has 2 aromatic carbocycles. The monoisotopic (exact) mass is 385 g/mol. The fourth-order valence-corrected chi connectivity index (χ4v) is 3.09. The predicted octanol–water partition coefficient (Wildman–Crippen LogP) is 3.40. The van der Waals surface area contributed by atoms with Gasteiger partial charge >= 0.3 is 5.97 Å². The lowest BCUT2D eigenvalue weighted by Crippen LogP contribution is -2.23. The third-order valence-electron chi connectivity index (χ3n) is 3.63. The van der Waals surface area contributed by atoms with Gasteiger partial charge in [-0.3, -0.25) is 0 Å². The molecule has 0 aliphatic rings. The smallest absolute Gasteiger partial charge is 0.330 e. The topological polar surface area (TPSA) is 72.5 Å². The van der Waals surface area contributed by atoms with E-state index in [9.17, 15) is 13.2 Å². The number of carbonyl (C=O) groups is 1. The summed E-state index contributed by atoms with van der Waals surface area (Å²) in [6.07, 6.45) is 5.19. The van der Waals surface area contributed by atoms with E-state index in [0.29, 0.717) is 19.6 Å². The van der Waals surface area contributed by atoms with Crippen molar-refractivity contribution in [3.05, 3.63) is 82.8 Å². The zero-order chi connectivity index (χ0) is 19.5. The second-order valence-corrected chi connectivity index (χ2v) is 7.38. The third kappa shape index (κ3) is 8.02. The lowest BCUT2D eigenvalue weighted by molar-refractivity contribution is -0.137. The van der Waals surface area contributed by atoms with E-state index < -0.39 is 10.0 Å². The fraction of sp³-hybridized carbons (Fsp3) is 0.190. The zero-order valence-corrected chi connectivity index (χ0v) is 16.0. The van der Waals surface area contributed by atoms with Crippen LogP contribution >= 0.6 is 0 Å². The van der Waals surface area contributed by atoms with E-state index in [1.54, 1.807) is 19.1 Å². The molecule has 6 heteroatoms. The highest BCUT2D eigenvalue weighted by Gasteiger charge is 2.04. The Labute approximate surface area is 160 Å². The Hall–Kier alpha value is -2.70. The number of hydrogen-bond acceptors (Lipinski definition) is 4. The molecule has 0 amide bonds. The second kappa shape index (κ2) is 10.4. The number of ether oxygens (including phenoxy) is 1. The summed E-state index contributed by atoms with van der Waals surface area (Å²) in [5.41, 5.74) is 2.70. The number of rotatable bonds is 9. The Morgan fingerprint density at radius 2 is 1.67 bits per heavy atom. The van der Waals surface area contributed by atoms with Crippen LogP contribution in [-0.4, -0.2) is 27.5 Å². The van der Waals surface area contributed by atoms with Gasteiger partial charge in [0.25, 0.3) is 0 Å². The zero-order valence-electron chi connectivity index (χ0n) is 15.2. The summed E-state index contributed by atoms with van der Waals surface area (Å²) in [6, 6.07) is 16.8. The SMILES string of the molecule is CCOC(=O)/C=C/c1ccc(CCNS(=O)(=O)/C=C/c2ccccc2)cc1. The highest BCUT2D eigenvalue weighted by molar-refractivity contribution is 7.92. The molecule has 2 aromatic rings. The Morgan fingerprint density at radius 1 is 1.00 bits per heavy atom. The lowest BCUT2D eigenvalue weighted by atomic mass is 10.1. The van der Waals surface area contributed by atoms with Gasteiger partial charge < -0.3 is 4.74 Å². The van der Waals surface area contributed by atoms with Gasteiger partial charge in [-0.25, -0.2) is 17.9 Å². The average molecular weight is 385 g/mol. The molecule has 0 fully saturated rings. The molecule has 0 atom stereocenters. The van der Waals surface area contributed by atoms with E-state index in [1.807, 2.05) is 54.6 Å². The number of nitrogens with one attached hydrogen (secondary N) is 1. The van der Waals surface area contributed by atoms with Crippen molar-refractivity contribution in [1.29, 1.82) is 0 Å². The van der Waals surface area contributed by atoms with Crippen LogP contribution in [0.4, 0.5) is 0 Å². The maximum Gasteiger partial charge on any atom is 0.330 e. The summed E-state index contributed by atoms with van der Waals surface area (Å²) in [5, 5.41) is 1.17. The van der Waals surface area contributed by atoms with Crippen LogP contribution in [0.3, 0.4) is 0 Å². The van der Waals surface area contributed by atoms with Crippen molar-refractivity contribution in [2.75, 3.05) is 13.2 Å². The minimum atomic E-state index is -3.47. The van der Waals surface area contributed by atoms with Gasteiger partial charge in [0.15, 0.2) is 0 Å². The van der Waals surface area contributed by atoms with Crippen LogP contribution in [-0.2, 0) is 26.0 Å². The molecule has 0 unspecified atom stereocenters. The molecule has 0 saturated carbocycles. The molecule has 0 aliphatic carbocycles. The molecule has 27 heavy (non-hydrogen) atoms. The molecule has 0 spiro atoms. The molecule has 142 valence electrons. The van der Waals surface area contributed by atoms with Crippen molar-refractivity contribution in [2.45, 2.75) is 13.3 Å². The van der Waals surface area contributed by atoms with Gasteiger partial charge in [0.05, 0.1) is 6.61 Å². The normalized spacial score (nSPS) is 11.9. The van der Waals surface area contributed by atoms with E-state index >= 15 is 0 Å². The number of benzene rings is 2. The second-order valence-electron chi connectivity index (χ2n) is 5.73. The van der Waals surface area contributed by atoms with E-state index in [0.717, 1.165) is 16.7 Å². The van der Waals surface area contributed by atoms with E-state index in [2.05, 4.69) is 4.72 Å². The fourth-order valence-electron chi connectivity index (χ4n) is 2.27. The van der Waals surface area contributed by atoms with Crippen LogP contribution in [0.15, 0.2) is 66.1 Å². The van der Waals surface area contributed by atoms with Crippen LogP contribution < -0.4 is 4.72 Å². The van der Waals surface area contributed by atoms with Gasteiger partial charge in [-0.1, -0.05) is 54.6 Å². The Morgan fingerprint density at radius 3 is 2.33 bits per heavy atom. The molecule has 0 aliphatic heterocycles. The van der Waals surface area contributed by atoms with Gasteiger partial charge in [-0.05, 0) is 42.2 Å². The summed E-state index contributed by atoms with van der Waals surface area (Å²) in [5.74, 6) is -0.375. The maximum absolute atomic E-state index is 12.0. The minimum absolute atomic E-state index is 0.305. The number of sulfonamides is 1. The highest BCUT2D eigenvalue weighted by atomic mass is 32.2. The van der Waals surface area contributed by atoms with Crippen LogP contribution in [0.25, 0.3) is 12.2 Å². The Kier molecular flexibility index (Phi) is 7.98. The van der Waals surface area contributed by atoms with Crippen molar-refractivity contribution < 1.29 is 17.9 Å². The molecule has 2 rings (SSSR count). The largest absolute Gasteiger partial charge is 0.463 e. The van der Waals surface area contributed by atoms with Crippen LogP contribution in [0.2, 0.25) is 0 Å². The Balaban J connectivity index is 1.82. The Bertz CT molecular complexity index is 886. The van der Waals surface area contributed by atoms with Gasteiger partial charge in [-0.2, -0.15) is 0 Å². The summed E-state index contributed by atoms with van der Waals surface area (Å²) in [4.78, 5) is 11.3.